The van der Waals surface area contributed by atoms with Gasteiger partial charge in [0.1, 0.15) is 5.03 Å². The number of H-pyrrole nitrogens is 1. The Kier molecular flexibility index (Phi) is 6.86. The molecular weight excluding hydrogens is 558 g/mol. The van der Waals surface area contributed by atoms with Gasteiger partial charge in [-0.2, -0.15) is 4.31 Å². The minimum Gasteiger partial charge on any atom is -0.370 e. The van der Waals surface area contributed by atoms with Crippen molar-refractivity contribution in [2.24, 2.45) is 0 Å². The monoisotopic (exact) mass is 587 g/mol. The number of amides is 2. The number of pyridine rings is 1. The molecule has 0 aliphatic carbocycles. The van der Waals surface area contributed by atoms with Crippen molar-refractivity contribution in [3.8, 4) is 0 Å². The van der Waals surface area contributed by atoms with Crippen LogP contribution < -0.4 is 0 Å². The van der Waals surface area contributed by atoms with Crippen molar-refractivity contribution in [2.75, 3.05) is 39.3 Å². The number of nitrogens with zero attached hydrogens (tertiary/aromatic N) is 4. The van der Waals surface area contributed by atoms with Gasteiger partial charge in [-0.15, -0.1) is 0 Å². The molecule has 0 radical (unpaired) electrons. The number of nitrogens with one attached hydrogen (secondary N) is 1. The maximum Gasteiger partial charge on any atom is 0.259 e. The summed E-state index contributed by atoms with van der Waals surface area (Å²) in [6.07, 6.45) is 2.74. The van der Waals surface area contributed by atoms with Gasteiger partial charge >= 0.3 is 0 Å². The predicted octanol–water partition coefficient (Wildman–Crippen LogP) is 2.37. The van der Waals surface area contributed by atoms with Gasteiger partial charge in [0.25, 0.3) is 10.0 Å². The molecule has 1 N–H and O–H groups in total. The number of rotatable bonds is 6. The SMILES string of the molecule is CC(=O)N1CCC2(CC1)CN1C(=O)CN(S(=O)(=O)c3cc4cc(Cl)ccc4[nH]3)CC1(COCc1ccccn1)O2. The lowest BCUT2D eigenvalue weighted by molar-refractivity contribution is -0.202. The van der Waals surface area contributed by atoms with Crippen LogP contribution in [-0.4, -0.2) is 95.0 Å². The highest BCUT2D eigenvalue weighted by Crippen LogP contribution is 2.44. The minimum absolute atomic E-state index is 0.00746. The zero-order valence-corrected chi connectivity index (χ0v) is 23.6. The van der Waals surface area contributed by atoms with Gasteiger partial charge in [-0.3, -0.25) is 14.6 Å². The number of aromatic nitrogens is 2. The first kappa shape index (κ1) is 27.2. The maximum atomic E-state index is 13.8. The van der Waals surface area contributed by atoms with Crippen molar-refractivity contribution >= 4 is 44.3 Å². The van der Waals surface area contributed by atoms with Crippen molar-refractivity contribution in [1.29, 1.82) is 0 Å². The smallest absolute Gasteiger partial charge is 0.259 e. The highest BCUT2D eigenvalue weighted by Gasteiger charge is 2.61. The van der Waals surface area contributed by atoms with Crippen LogP contribution in [0.4, 0.5) is 0 Å². The van der Waals surface area contributed by atoms with Crippen LogP contribution in [0.3, 0.4) is 0 Å². The third-order valence-electron chi connectivity index (χ3n) is 7.98. The van der Waals surface area contributed by atoms with Gasteiger partial charge in [-0.25, -0.2) is 8.42 Å². The molecule has 6 rings (SSSR count). The van der Waals surface area contributed by atoms with Crippen LogP contribution in [0.2, 0.25) is 5.02 Å². The molecule has 5 heterocycles. The highest BCUT2D eigenvalue weighted by atomic mass is 35.5. The van der Waals surface area contributed by atoms with Crippen LogP contribution in [-0.2, 0) is 35.7 Å². The summed E-state index contributed by atoms with van der Waals surface area (Å²) in [4.78, 5) is 36.2. The highest BCUT2D eigenvalue weighted by molar-refractivity contribution is 7.89. The first-order valence-corrected chi connectivity index (χ1v) is 14.9. The quantitative estimate of drug-likeness (QED) is 0.469. The first-order valence-electron chi connectivity index (χ1n) is 13.1. The van der Waals surface area contributed by atoms with E-state index in [0.717, 1.165) is 4.31 Å². The number of fused-ring (bicyclic) bond motifs is 2. The molecule has 1 atom stereocenters. The Bertz CT molecular complexity index is 1560. The van der Waals surface area contributed by atoms with E-state index in [1.165, 1.54) is 13.0 Å². The molecule has 212 valence electrons. The van der Waals surface area contributed by atoms with Gasteiger partial charge in [-0.05, 0) is 49.2 Å². The molecule has 1 aromatic carbocycles. The molecular formula is C27H30ClN5O6S. The van der Waals surface area contributed by atoms with E-state index in [4.69, 9.17) is 21.1 Å². The molecule has 1 unspecified atom stereocenters. The second-order valence-corrected chi connectivity index (χ2v) is 13.0. The fraction of sp³-hybridized carbons (Fsp3) is 0.444. The second-order valence-electron chi connectivity index (χ2n) is 10.7. The number of piperazine rings is 1. The molecule has 11 nitrogen and oxygen atoms in total. The summed E-state index contributed by atoms with van der Waals surface area (Å²) in [5, 5.41) is 1.11. The summed E-state index contributed by atoms with van der Waals surface area (Å²) in [6.45, 7) is 2.56. The fourth-order valence-corrected chi connectivity index (χ4v) is 7.51. The number of ether oxygens (including phenoxy) is 2. The summed E-state index contributed by atoms with van der Waals surface area (Å²) >= 11 is 6.10. The lowest BCUT2D eigenvalue weighted by Gasteiger charge is -2.44. The normalized spacial score (nSPS) is 23.2. The van der Waals surface area contributed by atoms with E-state index in [1.807, 2.05) is 18.2 Å². The Balaban J connectivity index is 1.30. The number of piperidine rings is 1. The molecule has 3 aliphatic rings. The summed E-state index contributed by atoms with van der Waals surface area (Å²) in [6, 6.07) is 12.1. The Hall–Kier alpha value is -3.03. The van der Waals surface area contributed by atoms with E-state index in [0.29, 0.717) is 54.1 Å². The number of carbonyl (C=O) groups is 2. The van der Waals surface area contributed by atoms with E-state index in [1.54, 1.807) is 34.2 Å². The summed E-state index contributed by atoms with van der Waals surface area (Å²) in [5.41, 5.74) is -0.704. The number of sulfonamides is 1. The number of hydrogen-bond acceptors (Lipinski definition) is 7. The van der Waals surface area contributed by atoms with Gasteiger partial charge in [0.05, 0.1) is 44.1 Å². The summed E-state index contributed by atoms with van der Waals surface area (Å²) < 4.78 is 41.6. The number of benzene rings is 1. The van der Waals surface area contributed by atoms with Gasteiger partial charge in [0.15, 0.2) is 5.72 Å². The van der Waals surface area contributed by atoms with Gasteiger partial charge in [0.2, 0.25) is 11.8 Å². The Morgan fingerprint density at radius 3 is 2.70 bits per heavy atom. The van der Waals surface area contributed by atoms with Crippen LogP contribution in [0.15, 0.2) is 53.7 Å². The van der Waals surface area contributed by atoms with E-state index in [-0.39, 0.29) is 43.1 Å². The van der Waals surface area contributed by atoms with Crippen molar-refractivity contribution < 1.29 is 27.5 Å². The number of carbonyl (C=O) groups excluding carboxylic acids is 2. The lowest BCUT2D eigenvalue weighted by atomic mass is 9.91. The molecule has 40 heavy (non-hydrogen) atoms. The van der Waals surface area contributed by atoms with E-state index in [9.17, 15) is 18.0 Å². The van der Waals surface area contributed by atoms with Crippen molar-refractivity contribution in [3.05, 3.63) is 59.4 Å². The Labute approximate surface area is 237 Å². The average molecular weight is 588 g/mol. The molecule has 3 aliphatic heterocycles. The molecule has 2 aromatic heterocycles. The lowest BCUT2D eigenvalue weighted by Crippen LogP contribution is -2.65. The second kappa shape index (κ2) is 10.1. The first-order chi connectivity index (χ1) is 19.1. The third kappa shape index (κ3) is 4.88. The number of aromatic amines is 1. The van der Waals surface area contributed by atoms with Crippen molar-refractivity contribution in [1.82, 2.24) is 24.1 Å². The largest absolute Gasteiger partial charge is 0.370 e. The minimum atomic E-state index is -4.10. The number of hydrogen-bond donors (Lipinski definition) is 1. The summed E-state index contributed by atoms with van der Waals surface area (Å²) in [7, 11) is -4.10. The average Bonchev–Trinajstić information content (AvgIpc) is 3.49. The molecule has 1 spiro atoms. The summed E-state index contributed by atoms with van der Waals surface area (Å²) in [5.74, 6) is -0.367. The van der Waals surface area contributed by atoms with Gasteiger partial charge in [-0.1, -0.05) is 17.7 Å². The van der Waals surface area contributed by atoms with Gasteiger partial charge < -0.3 is 24.3 Å². The zero-order valence-electron chi connectivity index (χ0n) is 22.0. The van der Waals surface area contributed by atoms with Crippen LogP contribution in [0.1, 0.15) is 25.5 Å². The van der Waals surface area contributed by atoms with Crippen molar-refractivity contribution in [2.45, 2.75) is 42.7 Å². The third-order valence-corrected chi connectivity index (χ3v) is 9.93. The molecule has 3 saturated heterocycles. The van der Waals surface area contributed by atoms with Crippen molar-refractivity contribution in [3.63, 3.8) is 0 Å². The molecule has 2 amide bonds. The van der Waals surface area contributed by atoms with Crippen LogP contribution >= 0.6 is 11.6 Å². The van der Waals surface area contributed by atoms with Gasteiger partial charge in [0, 0.05) is 42.1 Å². The molecule has 0 bridgehead atoms. The van der Waals surface area contributed by atoms with Crippen LogP contribution in [0.5, 0.6) is 0 Å². The maximum absolute atomic E-state index is 13.8. The van der Waals surface area contributed by atoms with Crippen LogP contribution in [0, 0.1) is 0 Å². The number of halogens is 1. The predicted molar refractivity (Wildman–Crippen MR) is 146 cm³/mol. The number of likely N-dealkylation sites (tertiary alicyclic amines) is 1. The van der Waals surface area contributed by atoms with Crippen LogP contribution in [0.25, 0.3) is 10.9 Å². The molecule has 13 heteroatoms. The molecule has 3 aromatic rings. The van der Waals surface area contributed by atoms with E-state index in [2.05, 4.69) is 9.97 Å². The molecule has 3 fully saturated rings. The zero-order chi connectivity index (χ0) is 28.1. The fourth-order valence-electron chi connectivity index (χ4n) is 5.89. The topological polar surface area (TPSA) is 125 Å². The Morgan fingerprint density at radius 2 is 1.98 bits per heavy atom. The standard InChI is InChI=1S/C27H30ClN5O6S/c1-19(34)31-10-7-26(8-11-31)16-33-25(35)14-32(17-27(33,39-26)18-38-15-22-4-2-3-9-29-22)40(36,37)24-13-20-12-21(28)5-6-23(20)30-24/h2-6,9,12-13,30H,7-8,10-11,14-18H2,1H3. The van der Waals surface area contributed by atoms with E-state index >= 15 is 0 Å². The molecule has 0 saturated carbocycles. The van der Waals surface area contributed by atoms with E-state index < -0.39 is 21.3 Å². The Morgan fingerprint density at radius 1 is 1.18 bits per heavy atom.